The largest absolute Gasteiger partial charge is 0.497 e. The fourth-order valence-electron chi connectivity index (χ4n) is 2.42. The second-order valence-electron chi connectivity index (χ2n) is 5.00. The van der Waals surface area contributed by atoms with Crippen LogP contribution in [0.4, 0.5) is 0 Å². The van der Waals surface area contributed by atoms with Gasteiger partial charge in [-0.3, -0.25) is 14.3 Å². The number of hydrogen-bond donors (Lipinski definition) is 2. The monoisotopic (exact) mass is 348 g/mol. The lowest BCUT2D eigenvalue weighted by Gasteiger charge is -2.10. The van der Waals surface area contributed by atoms with Crippen LogP contribution in [0.1, 0.15) is 0 Å². The van der Waals surface area contributed by atoms with Gasteiger partial charge in [-0.1, -0.05) is 12.1 Å². The molecule has 2 heterocycles. The average Bonchev–Trinajstić information content (AvgIpc) is 3.03. The molecule has 24 heavy (non-hydrogen) atoms. The zero-order valence-electron chi connectivity index (χ0n) is 12.9. The summed E-state index contributed by atoms with van der Waals surface area (Å²) in [6.07, 6.45) is 0. The Hall–Kier alpha value is -2.42. The van der Waals surface area contributed by atoms with E-state index in [1.54, 1.807) is 7.11 Å². The molecular weight excluding hydrogens is 332 g/mol. The van der Waals surface area contributed by atoms with E-state index in [-0.39, 0.29) is 19.9 Å². The normalized spacial score (nSPS) is 11.1. The molecule has 0 aliphatic carbocycles. The summed E-state index contributed by atoms with van der Waals surface area (Å²) in [6.45, 7) is -0.0855. The highest BCUT2D eigenvalue weighted by Gasteiger charge is 2.15. The molecule has 0 amide bonds. The van der Waals surface area contributed by atoms with E-state index in [0.717, 1.165) is 16.9 Å². The van der Waals surface area contributed by atoms with Crippen LogP contribution in [0.5, 0.6) is 5.75 Å². The number of nitrogens with zero attached hydrogens (tertiary/aromatic N) is 1. The molecule has 0 unspecified atom stereocenters. The van der Waals surface area contributed by atoms with Crippen molar-refractivity contribution >= 4 is 21.6 Å². The number of aromatic nitrogens is 2. The molecule has 126 valence electrons. The summed E-state index contributed by atoms with van der Waals surface area (Å²) in [5.41, 5.74) is 1.20. The summed E-state index contributed by atoms with van der Waals surface area (Å²) in [5.74, 6) is 0.722. The number of aromatic amines is 1. The highest BCUT2D eigenvalue weighted by molar-refractivity contribution is 7.17. The van der Waals surface area contributed by atoms with Gasteiger partial charge in [0.25, 0.3) is 5.56 Å². The number of rotatable bonds is 6. The van der Waals surface area contributed by atoms with Crippen LogP contribution >= 0.6 is 11.3 Å². The van der Waals surface area contributed by atoms with E-state index in [2.05, 4.69) is 4.98 Å². The number of benzene rings is 1. The quantitative estimate of drug-likeness (QED) is 0.657. The molecule has 3 rings (SSSR count). The molecule has 2 aromatic heterocycles. The maximum absolute atomic E-state index is 12.2. The molecule has 8 heteroatoms. The van der Waals surface area contributed by atoms with Crippen LogP contribution in [-0.2, 0) is 11.5 Å². The minimum atomic E-state index is -0.543. The molecule has 2 N–H and O–H groups in total. The zero-order chi connectivity index (χ0) is 17.1. The number of H-pyrrole nitrogens is 1. The van der Waals surface area contributed by atoms with E-state index in [9.17, 15) is 9.59 Å². The Morgan fingerprint density at radius 2 is 2.00 bits per heavy atom. The Bertz CT molecular complexity index is 955. The molecule has 0 saturated heterocycles. The maximum atomic E-state index is 12.2. The average molecular weight is 348 g/mol. The van der Waals surface area contributed by atoms with Crippen molar-refractivity contribution in [2.75, 3.05) is 20.3 Å². The van der Waals surface area contributed by atoms with E-state index in [1.807, 2.05) is 29.6 Å². The fraction of sp³-hybridized carbons (Fsp3) is 0.250. The number of nitrogens with one attached hydrogen (secondary N) is 1. The lowest BCUT2D eigenvalue weighted by molar-refractivity contribution is 0.0481. The summed E-state index contributed by atoms with van der Waals surface area (Å²) >= 11 is 1.27. The van der Waals surface area contributed by atoms with Crippen LogP contribution in [0.25, 0.3) is 21.3 Å². The minimum Gasteiger partial charge on any atom is -0.497 e. The molecule has 0 saturated carbocycles. The first-order valence-corrected chi connectivity index (χ1v) is 8.11. The van der Waals surface area contributed by atoms with E-state index in [1.165, 1.54) is 15.9 Å². The molecule has 3 aromatic rings. The van der Waals surface area contributed by atoms with Gasteiger partial charge in [-0.05, 0) is 17.7 Å². The van der Waals surface area contributed by atoms with Gasteiger partial charge < -0.3 is 14.6 Å². The van der Waals surface area contributed by atoms with Gasteiger partial charge in [-0.25, -0.2) is 4.79 Å². The Kier molecular flexibility index (Phi) is 4.79. The number of hydrogen-bond acceptors (Lipinski definition) is 6. The zero-order valence-corrected chi connectivity index (χ0v) is 13.8. The molecule has 1 aromatic carbocycles. The predicted octanol–water partition coefficient (Wildman–Crippen LogP) is 1.39. The second kappa shape index (κ2) is 7.00. The van der Waals surface area contributed by atoms with Crippen molar-refractivity contribution in [2.24, 2.45) is 0 Å². The maximum Gasteiger partial charge on any atom is 0.330 e. The van der Waals surface area contributed by atoms with Gasteiger partial charge in [-0.2, -0.15) is 0 Å². The lowest BCUT2D eigenvalue weighted by atomic mass is 10.1. The first-order chi connectivity index (χ1) is 11.7. The molecule has 0 radical (unpaired) electrons. The fourth-order valence-corrected chi connectivity index (χ4v) is 3.40. The van der Waals surface area contributed by atoms with Crippen LogP contribution in [0.15, 0.2) is 39.2 Å². The van der Waals surface area contributed by atoms with Crippen LogP contribution in [0.3, 0.4) is 0 Å². The lowest BCUT2D eigenvalue weighted by Crippen LogP contribution is -2.30. The SMILES string of the molecule is COc1ccc(-c2csc3c(=O)[nH]c(=O)n(COCCO)c23)cc1. The smallest absolute Gasteiger partial charge is 0.330 e. The van der Waals surface area contributed by atoms with Crippen molar-refractivity contribution in [3.63, 3.8) is 0 Å². The standard InChI is InChI=1S/C16H16N2O5S/c1-22-11-4-2-10(3-5-11)12-8-24-14-13(12)18(9-23-7-6-19)16(21)17-15(14)20/h2-5,8,19H,6-7,9H2,1H3,(H,17,20,21). The number of aliphatic hydroxyl groups excluding tert-OH is 1. The van der Waals surface area contributed by atoms with E-state index in [0.29, 0.717) is 10.2 Å². The highest BCUT2D eigenvalue weighted by atomic mass is 32.1. The summed E-state index contributed by atoms with van der Waals surface area (Å²) in [4.78, 5) is 26.5. The minimum absolute atomic E-state index is 0.0490. The van der Waals surface area contributed by atoms with Crippen LogP contribution in [0.2, 0.25) is 0 Å². The summed E-state index contributed by atoms with van der Waals surface area (Å²) in [6, 6.07) is 7.36. The number of fused-ring (bicyclic) bond motifs is 1. The first-order valence-electron chi connectivity index (χ1n) is 7.23. The molecule has 0 bridgehead atoms. The van der Waals surface area contributed by atoms with Crippen LogP contribution in [-0.4, -0.2) is 35.0 Å². The van der Waals surface area contributed by atoms with Gasteiger partial charge in [-0.15, -0.1) is 11.3 Å². The van der Waals surface area contributed by atoms with Gasteiger partial charge in [0.05, 0.1) is 25.8 Å². The molecular formula is C16H16N2O5S. The van der Waals surface area contributed by atoms with Crippen molar-refractivity contribution in [1.29, 1.82) is 0 Å². The number of thiophene rings is 1. The third kappa shape index (κ3) is 2.99. The molecule has 0 aliphatic rings. The van der Waals surface area contributed by atoms with E-state index in [4.69, 9.17) is 14.6 Å². The van der Waals surface area contributed by atoms with Gasteiger partial charge in [0.1, 0.15) is 17.2 Å². The third-order valence-electron chi connectivity index (χ3n) is 3.56. The molecule has 0 fully saturated rings. The van der Waals surface area contributed by atoms with Gasteiger partial charge in [0.2, 0.25) is 0 Å². The van der Waals surface area contributed by atoms with Crippen molar-refractivity contribution in [3.05, 3.63) is 50.5 Å². The molecule has 7 nitrogen and oxygen atoms in total. The Morgan fingerprint density at radius 1 is 1.25 bits per heavy atom. The molecule has 0 spiro atoms. The van der Waals surface area contributed by atoms with Gasteiger partial charge >= 0.3 is 5.69 Å². The topological polar surface area (TPSA) is 93.6 Å². The first kappa shape index (κ1) is 16.4. The number of methoxy groups -OCH3 is 1. The highest BCUT2D eigenvalue weighted by Crippen LogP contribution is 2.32. The van der Waals surface area contributed by atoms with Crippen LogP contribution in [0, 0.1) is 0 Å². The number of ether oxygens (including phenoxy) is 2. The summed E-state index contributed by atoms with van der Waals surface area (Å²) < 4.78 is 12.2. The van der Waals surface area contributed by atoms with Crippen molar-refractivity contribution < 1.29 is 14.6 Å². The Balaban J connectivity index is 2.17. The van der Waals surface area contributed by atoms with Crippen molar-refractivity contribution in [3.8, 4) is 16.9 Å². The Labute approximate surface area is 140 Å². The second-order valence-corrected chi connectivity index (χ2v) is 5.88. The van der Waals surface area contributed by atoms with Crippen molar-refractivity contribution in [1.82, 2.24) is 9.55 Å². The van der Waals surface area contributed by atoms with Crippen LogP contribution < -0.4 is 16.0 Å². The van der Waals surface area contributed by atoms with E-state index >= 15 is 0 Å². The summed E-state index contributed by atoms with van der Waals surface area (Å²) in [7, 11) is 1.59. The Morgan fingerprint density at radius 3 is 2.67 bits per heavy atom. The van der Waals surface area contributed by atoms with Gasteiger partial charge in [0, 0.05) is 10.9 Å². The van der Waals surface area contributed by atoms with Gasteiger partial charge in [0.15, 0.2) is 0 Å². The molecule has 0 aliphatic heterocycles. The third-order valence-corrected chi connectivity index (χ3v) is 4.53. The van der Waals surface area contributed by atoms with E-state index < -0.39 is 11.2 Å². The number of aliphatic hydroxyl groups is 1. The van der Waals surface area contributed by atoms with Crippen molar-refractivity contribution in [2.45, 2.75) is 6.73 Å². The molecule has 0 atom stereocenters. The predicted molar refractivity (Wildman–Crippen MR) is 91.7 cm³/mol. The summed E-state index contributed by atoms with van der Waals surface area (Å²) in [5, 5.41) is 10.7.